The zero-order valence-corrected chi connectivity index (χ0v) is 14.0. The second-order valence-corrected chi connectivity index (χ2v) is 6.48. The molecule has 2 heteroatoms. The van der Waals surface area contributed by atoms with Gasteiger partial charge in [-0.25, -0.2) is 0 Å². The van der Waals surface area contributed by atoms with Crippen LogP contribution in [0.15, 0.2) is 24.3 Å². The van der Waals surface area contributed by atoms with Crippen molar-refractivity contribution in [1.29, 1.82) is 0 Å². The summed E-state index contributed by atoms with van der Waals surface area (Å²) in [6, 6.07) is 8.82. The van der Waals surface area contributed by atoms with Crippen molar-refractivity contribution in [2.75, 3.05) is 19.7 Å². The third-order valence-electron chi connectivity index (χ3n) is 4.72. The Morgan fingerprint density at radius 3 is 2.38 bits per heavy atom. The van der Waals surface area contributed by atoms with Crippen LogP contribution in [-0.2, 0) is 5.41 Å². The lowest BCUT2D eigenvalue weighted by atomic mass is 9.57. The van der Waals surface area contributed by atoms with Crippen molar-refractivity contribution in [2.24, 2.45) is 5.92 Å². The van der Waals surface area contributed by atoms with Crippen molar-refractivity contribution < 1.29 is 4.74 Å². The first kappa shape index (κ1) is 16.4. The van der Waals surface area contributed by atoms with Crippen LogP contribution in [0, 0.1) is 5.92 Å². The number of hydrogen-bond donors (Lipinski definition) is 1. The highest BCUT2D eigenvalue weighted by molar-refractivity contribution is 5.35. The van der Waals surface area contributed by atoms with Gasteiger partial charge in [0.2, 0.25) is 0 Å². The Bertz CT molecular complexity index is 401. The van der Waals surface area contributed by atoms with E-state index in [1.54, 1.807) is 0 Å². The quantitative estimate of drug-likeness (QED) is 0.674. The first-order valence-corrected chi connectivity index (χ1v) is 8.68. The molecular formula is C19H31NO. The van der Waals surface area contributed by atoms with Gasteiger partial charge < -0.3 is 10.1 Å². The van der Waals surface area contributed by atoms with Crippen molar-refractivity contribution in [3.05, 3.63) is 29.8 Å². The van der Waals surface area contributed by atoms with Gasteiger partial charge in [-0.2, -0.15) is 0 Å². The average molecular weight is 289 g/mol. The van der Waals surface area contributed by atoms with Gasteiger partial charge in [0.1, 0.15) is 5.75 Å². The predicted molar refractivity (Wildman–Crippen MR) is 90.1 cm³/mol. The molecule has 1 aliphatic rings. The fraction of sp³-hybridized carbons (Fsp3) is 0.684. The molecule has 1 saturated carbocycles. The topological polar surface area (TPSA) is 21.3 Å². The standard InChI is InChI=1S/C19H31NO/c1-4-7-16-13-19(14-16,15-20-12-5-2)17-8-10-18(11-9-17)21-6-3/h8-11,16,20H,4-7,12-15H2,1-3H3. The molecule has 0 saturated heterocycles. The van der Waals surface area contributed by atoms with Crippen molar-refractivity contribution in [1.82, 2.24) is 5.32 Å². The van der Waals surface area contributed by atoms with Crippen molar-refractivity contribution in [3.63, 3.8) is 0 Å². The second kappa shape index (κ2) is 7.84. The first-order valence-electron chi connectivity index (χ1n) is 8.68. The van der Waals surface area contributed by atoms with E-state index in [0.717, 1.165) is 31.4 Å². The smallest absolute Gasteiger partial charge is 0.119 e. The Balaban J connectivity index is 2.04. The van der Waals surface area contributed by atoms with Gasteiger partial charge in [-0.3, -0.25) is 0 Å². The molecule has 0 amide bonds. The monoisotopic (exact) mass is 289 g/mol. The number of benzene rings is 1. The molecule has 1 N–H and O–H groups in total. The normalized spacial score (nSPS) is 24.6. The van der Waals surface area contributed by atoms with E-state index >= 15 is 0 Å². The van der Waals surface area contributed by atoms with Gasteiger partial charge in [-0.1, -0.05) is 38.8 Å². The zero-order chi connectivity index (χ0) is 15.1. The predicted octanol–water partition coefficient (Wildman–Crippen LogP) is 4.53. The molecule has 21 heavy (non-hydrogen) atoms. The summed E-state index contributed by atoms with van der Waals surface area (Å²) < 4.78 is 5.57. The Hall–Kier alpha value is -1.02. The summed E-state index contributed by atoms with van der Waals surface area (Å²) in [6.45, 7) is 9.54. The summed E-state index contributed by atoms with van der Waals surface area (Å²) in [6.07, 6.45) is 6.58. The highest BCUT2D eigenvalue weighted by Crippen LogP contribution is 2.49. The van der Waals surface area contributed by atoms with Gasteiger partial charge in [-0.05, 0) is 56.3 Å². The van der Waals surface area contributed by atoms with Gasteiger partial charge in [-0.15, -0.1) is 0 Å². The maximum absolute atomic E-state index is 5.57. The fourth-order valence-corrected chi connectivity index (χ4v) is 3.72. The van der Waals surface area contributed by atoms with E-state index in [1.165, 1.54) is 37.7 Å². The maximum Gasteiger partial charge on any atom is 0.119 e. The minimum absolute atomic E-state index is 0.361. The van der Waals surface area contributed by atoms with E-state index < -0.39 is 0 Å². The lowest BCUT2D eigenvalue weighted by molar-refractivity contribution is 0.129. The SMILES string of the molecule is CCCNCC1(c2ccc(OCC)cc2)CC(CCC)C1. The molecule has 1 aliphatic carbocycles. The molecular weight excluding hydrogens is 258 g/mol. The third-order valence-corrected chi connectivity index (χ3v) is 4.72. The van der Waals surface area contributed by atoms with Crippen LogP contribution in [0.2, 0.25) is 0 Å². The molecule has 0 bridgehead atoms. The molecule has 118 valence electrons. The van der Waals surface area contributed by atoms with Crippen LogP contribution in [0.1, 0.15) is 58.4 Å². The van der Waals surface area contributed by atoms with E-state index in [9.17, 15) is 0 Å². The number of hydrogen-bond acceptors (Lipinski definition) is 2. The maximum atomic E-state index is 5.57. The summed E-state index contributed by atoms with van der Waals surface area (Å²) in [7, 11) is 0. The van der Waals surface area contributed by atoms with Gasteiger partial charge in [0.05, 0.1) is 6.61 Å². The van der Waals surface area contributed by atoms with Gasteiger partial charge >= 0.3 is 0 Å². The largest absolute Gasteiger partial charge is 0.494 e. The Labute approximate surface area is 130 Å². The van der Waals surface area contributed by atoms with Crippen LogP contribution in [0.3, 0.4) is 0 Å². The Kier molecular flexibility index (Phi) is 6.10. The van der Waals surface area contributed by atoms with Gasteiger partial charge in [0, 0.05) is 12.0 Å². The molecule has 0 aromatic heterocycles. The Morgan fingerprint density at radius 1 is 1.10 bits per heavy atom. The molecule has 0 aliphatic heterocycles. The second-order valence-electron chi connectivity index (χ2n) is 6.48. The molecule has 2 rings (SSSR count). The number of ether oxygens (including phenoxy) is 1. The molecule has 0 radical (unpaired) electrons. The average Bonchev–Trinajstić information content (AvgIpc) is 2.46. The van der Waals surface area contributed by atoms with Crippen LogP contribution in [0.5, 0.6) is 5.75 Å². The molecule has 2 nitrogen and oxygen atoms in total. The summed E-state index contributed by atoms with van der Waals surface area (Å²) in [4.78, 5) is 0. The van der Waals surface area contributed by atoms with E-state index in [1.807, 2.05) is 6.92 Å². The van der Waals surface area contributed by atoms with Crippen LogP contribution in [-0.4, -0.2) is 19.7 Å². The molecule has 1 aromatic carbocycles. The summed E-state index contributed by atoms with van der Waals surface area (Å²) in [5.41, 5.74) is 1.85. The van der Waals surface area contributed by atoms with Crippen LogP contribution < -0.4 is 10.1 Å². The Morgan fingerprint density at radius 2 is 1.81 bits per heavy atom. The minimum Gasteiger partial charge on any atom is -0.494 e. The lowest BCUT2D eigenvalue weighted by Crippen LogP contribution is -2.48. The van der Waals surface area contributed by atoms with Gasteiger partial charge in [0.25, 0.3) is 0 Å². The third kappa shape index (κ3) is 4.00. The number of nitrogens with one attached hydrogen (secondary N) is 1. The van der Waals surface area contributed by atoms with E-state index in [2.05, 4.69) is 43.4 Å². The molecule has 1 fully saturated rings. The van der Waals surface area contributed by atoms with Crippen LogP contribution in [0.4, 0.5) is 0 Å². The summed E-state index contributed by atoms with van der Waals surface area (Å²) >= 11 is 0. The van der Waals surface area contributed by atoms with E-state index in [4.69, 9.17) is 4.74 Å². The lowest BCUT2D eigenvalue weighted by Gasteiger charge is -2.49. The fourth-order valence-electron chi connectivity index (χ4n) is 3.72. The summed E-state index contributed by atoms with van der Waals surface area (Å²) in [5.74, 6) is 1.91. The summed E-state index contributed by atoms with van der Waals surface area (Å²) in [5, 5.41) is 3.65. The van der Waals surface area contributed by atoms with Gasteiger partial charge in [0.15, 0.2) is 0 Å². The van der Waals surface area contributed by atoms with Crippen LogP contribution in [0.25, 0.3) is 0 Å². The number of rotatable bonds is 9. The van der Waals surface area contributed by atoms with E-state index in [0.29, 0.717) is 5.41 Å². The van der Waals surface area contributed by atoms with E-state index in [-0.39, 0.29) is 0 Å². The van der Waals surface area contributed by atoms with Crippen molar-refractivity contribution in [3.8, 4) is 5.75 Å². The van der Waals surface area contributed by atoms with Crippen molar-refractivity contribution >= 4 is 0 Å². The zero-order valence-electron chi connectivity index (χ0n) is 14.0. The molecule has 0 heterocycles. The highest BCUT2D eigenvalue weighted by atomic mass is 16.5. The highest BCUT2D eigenvalue weighted by Gasteiger charge is 2.44. The minimum atomic E-state index is 0.361. The van der Waals surface area contributed by atoms with Crippen molar-refractivity contribution in [2.45, 2.75) is 58.3 Å². The molecule has 0 spiro atoms. The van der Waals surface area contributed by atoms with Crippen LogP contribution >= 0.6 is 0 Å². The first-order chi connectivity index (χ1) is 10.2. The molecule has 0 unspecified atom stereocenters. The molecule has 0 atom stereocenters. The molecule has 1 aromatic rings.